The monoisotopic (exact) mass is 470 g/mol. The molecule has 1 fully saturated rings. The van der Waals surface area contributed by atoms with Crippen LogP contribution in [-0.4, -0.2) is 47.3 Å². The Morgan fingerprint density at radius 2 is 1.97 bits per heavy atom. The zero-order valence-corrected chi connectivity index (χ0v) is 19.4. The standard InChI is InChI=1S/C23H33F3N4O3/c1-14(21(28)17-8-7-15(11-18(17)31)23(24,25)26)10-19(27)29-16-6-5-9-30(12-16)13-20(32)33-22(2,3)4/h7-8,10-11,16,29,31H,5-6,9,12-13,27-28H2,1-4H3/b19-10+,21-14-/t16-/m1/s1. The van der Waals surface area contributed by atoms with Gasteiger partial charge in [-0.05, 0) is 76.9 Å². The Morgan fingerprint density at radius 3 is 2.55 bits per heavy atom. The van der Waals surface area contributed by atoms with E-state index in [4.69, 9.17) is 16.2 Å². The Morgan fingerprint density at radius 1 is 1.30 bits per heavy atom. The fraction of sp³-hybridized carbons (Fsp3) is 0.522. The van der Waals surface area contributed by atoms with Gasteiger partial charge in [0.25, 0.3) is 0 Å². The summed E-state index contributed by atoms with van der Waals surface area (Å²) in [6, 6.07) is 2.64. The quantitative estimate of drug-likeness (QED) is 0.373. The van der Waals surface area contributed by atoms with E-state index in [0.717, 1.165) is 31.5 Å². The number of hydrogen-bond acceptors (Lipinski definition) is 7. The van der Waals surface area contributed by atoms with E-state index in [9.17, 15) is 23.1 Å². The number of carbonyl (C=O) groups is 1. The van der Waals surface area contributed by atoms with Crippen LogP contribution in [0.1, 0.15) is 51.7 Å². The zero-order valence-electron chi connectivity index (χ0n) is 19.4. The highest BCUT2D eigenvalue weighted by molar-refractivity contribution is 5.73. The lowest BCUT2D eigenvalue weighted by Gasteiger charge is -2.33. The number of likely N-dealkylation sites (tertiary alicyclic amines) is 1. The van der Waals surface area contributed by atoms with Crippen LogP contribution in [0, 0.1) is 0 Å². The molecule has 1 aromatic rings. The van der Waals surface area contributed by atoms with Gasteiger partial charge in [-0.1, -0.05) is 0 Å². The number of phenolic OH excluding ortho intramolecular Hbond substituents is 1. The fourth-order valence-corrected chi connectivity index (χ4v) is 3.61. The van der Waals surface area contributed by atoms with Crippen LogP contribution in [0.15, 0.2) is 35.7 Å². The molecule has 7 nitrogen and oxygen atoms in total. The average Bonchev–Trinajstić information content (AvgIpc) is 2.65. The van der Waals surface area contributed by atoms with Crippen LogP contribution in [0.2, 0.25) is 0 Å². The molecule has 0 spiro atoms. The highest BCUT2D eigenvalue weighted by Gasteiger charge is 2.31. The number of halogens is 3. The van der Waals surface area contributed by atoms with E-state index in [1.807, 2.05) is 25.7 Å². The number of esters is 1. The molecule has 0 aliphatic carbocycles. The van der Waals surface area contributed by atoms with Crippen LogP contribution in [0.25, 0.3) is 5.70 Å². The highest BCUT2D eigenvalue weighted by Crippen LogP contribution is 2.34. The van der Waals surface area contributed by atoms with E-state index in [2.05, 4.69) is 5.32 Å². The van der Waals surface area contributed by atoms with Gasteiger partial charge in [-0.15, -0.1) is 0 Å². The van der Waals surface area contributed by atoms with Crippen molar-refractivity contribution >= 4 is 11.7 Å². The number of alkyl halides is 3. The third-order valence-corrected chi connectivity index (χ3v) is 5.06. The van der Waals surface area contributed by atoms with Crippen molar-refractivity contribution in [3.8, 4) is 5.75 Å². The van der Waals surface area contributed by atoms with E-state index in [0.29, 0.717) is 24.0 Å². The SMILES string of the molecule is CC(/C=C(\N)N[C@@H]1CCCN(CC(=O)OC(C)(C)C)C1)=C(/N)c1ccc(C(F)(F)F)cc1O. The molecule has 0 radical (unpaired) electrons. The summed E-state index contributed by atoms with van der Waals surface area (Å²) in [5.41, 5.74) is 11.4. The number of aromatic hydroxyl groups is 1. The van der Waals surface area contributed by atoms with Crippen molar-refractivity contribution in [1.29, 1.82) is 0 Å². The second kappa shape index (κ2) is 10.4. The number of carbonyl (C=O) groups excluding carboxylic acids is 1. The number of rotatable bonds is 6. The van der Waals surface area contributed by atoms with Crippen LogP contribution in [0.3, 0.4) is 0 Å². The number of piperidine rings is 1. The lowest BCUT2D eigenvalue weighted by atomic mass is 10.0. The second-order valence-electron chi connectivity index (χ2n) is 9.23. The molecule has 1 heterocycles. The number of nitrogens with one attached hydrogen (secondary N) is 1. The van der Waals surface area contributed by atoms with E-state index in [-0.39, 0.29) is 29.8 Å². The van der Waals surface area contributed by atoms with Crippen LogP contribution in [0.5, 0.6) is 5.75 Å². The lowest BCUT2D eigenvalue weighted by Crippen LogP contribution is -2.48. The van der Waals surface area contributed by atoms with Crippen LogP contribution < -0.4 is 16.8 Å². The fourth-order valence-electron chi connectivity index (χ4n) is 3.61. The van der Waals surface area contributed by atoms with Crippen LogP contribution in [-0.2, 0) is 15.7 Å². The summed E-state index contributed by atoms with van der Waals surface area (Å²) in [5.74, 6) is -0.521. The maximum absolute atomic E-state index is 12.8. The molecule has 33 heavy (non-hydrogen) atoms. The zero-order chi connectivity index (χ0) is 25.0. The number of nitrogens with zero attached hydrogens (tertiary/aromatic N) is 1. The molecule has 0 saturated carbocycles. The molecule has 1 saturated heterocycles. The molecule has 1 atom stereocenters. The molecule has 0 bridgehead atoms. The number of phenols is 1. The summed E-state index contributed by atoms with van der Waals surface area (Å²) in [7, 11) is 0. The summed E-state index contributed by atoms with van der Waals surface area (Å²) in [6.45, 7) is 8.69. The molecular weight excluding hydrogens is 437 g/mol. The number of benzene rings is 1. The van der Waals surface area contributed by atoms with Gasteiger partial charge in [0, 0.05) is 23.8 Å². The minimum absolute atomic E-state index is 0.00549. The van der Waals surface area contributed by atoms with Gasteiger partial charge in [-0.2, -0.15) is 13.2 Å². The molecular formula is C23H33F3N4O3. The Hall–Kier alpha value is -2.88. The highest BCUT2D eigenvalue weighted by atomic mass is 19.4. The smallest absolute Gasteiger partial charge is 0.416 e. The molecule has 0 unspecified atom stereocenters. The van der Waals surface area contributed by atoms with E-state index in [1.54, 1.807) is 13.0 Å². The number of allylic oxidation sites excluding steroid dienone is 2. The first-order valence-corrected chi connectivity index (χ1v) is 10.7. The average molecular weight is 471 g/mol. The van der Waals surface area contributed by atoms with Crippen molar-refractivity contribution in [3.63, 3.8) is 0 Å². The van der Waals surface area contributed by atoms with Crippen molar-refractivity contribution in [2.24, 2.45) is 11.5 Å². The van der Waals surface area contributed by atoms with Gasteiger partial charge in [-0.25, -0.2) is 0 Å². The summed E-state index contributed by atoms with van der Waals surface area (Å²) in [4.78, 5) is 14.1. The van der Waals surface area contributed by atoms with E-state index in [1.165, 1.54) is 0 Å². The summed E-state index contributed by atoms with van der Waals surface area (Å²) >= 11 is 0. The number of ether oxygens (including phenoxy) is 1. The van der Waals surface area contributed by atoms with Crippen molar-refractivity contribution < 1.29 is 27.8 Å². The minimum atomic E-state index is -4.56. The van der Waals surface area contributed by atoms with Crippen molar-refractivity contribution in [1.82, 2.24) is 10.2 Å². The number of nitrogens with two attached hydrogens (primary N) is 2. The lowest BCUT2D eigenvalue weighted by molar-refractivity contribution is -0.156. The van der Waals surface area contributed by atoms with Crippen molar-refractivity contribution in [3.05, 3.63) is 46.8 Å². The summed E-state index contributed by atoms with van der Waals surface area (Å²) in [6.07, 6.45) is -1.25. The van der Waals surface area contributed by atoms with Crippen LogP contribution >= 0.6 is 0 Å². The molecule has 184 valence electrons. The first kappa shape index (κ1) is 26.4. The molecule has 1 aliphatic heterocycles. The third kappa shape index (κ3) is 8.20. The van der Waals surface area contributed by atoms with Gasteiger partial charge in [0.1, 0.15) is 11.4 Å². The summed E-state index contributed by atoms with van der Waals surface area (Å²) in [5, 5.41) is 13.2. The Balaban J connectivity index is 2.04. The Bertz CT molecular complexity index is 921. The van der Waals surface area contributed by atoms with Crippen molar-refractivity contribution in [2.75, 3.05) is 19.6 Å². The first-order chi connectivity index (χ1) is 15.2. The molecule has 1 aromatic carbocycles. The van der Waals surface area contributed by atoms with Crippen molar-refractivity contribution in [2.45, 2.75) is 58.4 Å². The molecule has 10 heteroatoms. The summed E-state index contributed by atoms with van der Waals surface area (Å²) < 4.78 is 43.8. The van der Waals surface area contributed by atoms with E-state index >= 15 is 0 Å². The second-order valence-corrected chi connectivity index (χ2v) is 9.23. The predicted molar refractivity (Wildman–Crippen MR) is 121 cm³/mol. The minimum Gasteiger partial charge on any atom is -0.507 e. The topological polar surface area (TPSA) is 114 Å². The predicted octanol–water partition coefficient (Wildman–Crippen LogP) is 3.30. The third-order valence-electron chi connectivity index (χ3n) is 5.06. The molecule has 1 aliphatic rings. The normalized spacial score (nSPS) is 19.1. The van der Waals surface area contributed by atoms with Gasteiger partial charge < -0.3 is 26.6 Å². The van der Waals surface area contributed by atoms with Gasteiger partial charge in [-0.3, -0.25) is 9.69 Å². The first-order valence-electron chi connectivity index (χ1n) is 10.7. The Kier molecular flexibility index (Phi) is 8.29. The van der Waals surface area contributed by atoms with Gasteiger partial charge in [0.2, 0.25) is 0 Å². The molecule has 6 N–H and O–H groups in total. The maximum atomic E-state index is 12.8. The maximum Gasteiger partial charge on any atom is 0.416 e. The number of hydrogen-bond donors (Lipinski definition) is 4. The Labute approximate surface area is 192 Å². The van der Waals surface area contributed by atoms with Gasteiger partial charge >= 0.3 is 12.1 Å². The largest absolute Gasteiger partial charge is 0.507 e. The van der Waals surface area contributed by atoms with E-state index < -0.39 is 23.1 Å². The van der Waals surface area contributed by atoms with Gasteiger partial charge in [0.15, 0.2) is 0 Å². The van der Waals surface area contributed by atoms with Crippen LogP contribution in [0.4, 0.5) is 13.2 Å². The molecule has 0 aromatic heterocycles. The molecule has 0 amide bonds. The van der Waals surface area contributed by atoms with Gasteiger partial charge in [0.05, 0.1) is 17.9 Å². The molecule has 2 rings (SSSR count).